The van der Waals surface area contributed by atoms with Crippen molar-refractivity contribution in [1.29, 1.82) is 0 Å². The molecule has 4 N–H and O–H groups in total. The summed E-state index contributed by atoms with van der Waals surface area (Å²) in [7, 11) is 0. The number of hydrogen-bond donors (Lipinski definition) is 4. The first kappa shape index (κ1) is 60.1. The molecule has 0 aliphatic carbocycles. The van der Waals surface area contributed by atoms with Crippen LogP contribution in [0.25, 0.3) is 182 Å². The average molecular weight is 1330 g/mol. The number of pyridine rings is 4. The Hall–Kier alpha value is -15.1. The zero-order valence-electron chi connectivity index (χ0n) is 55.3. The molecule has 4 aromatic carbocycles. The Bertz CT molecular complexity index is 5920. The van der Waals surface area contributed by atoms with Crippen molar-refractivity contribution in [1.82, 2.24) is 59.8 Å². The predicted octanol–water partition coefficient (Wildman–Crippen LogP) is 19.7. The molecule has 10 aromatic heterocycles. The van der Waals surface area contributed by atoms with Crippen LogP contribution in [0.15, 0.2) is 244 Å². The highest BCUT2D eigenvalue weighted by atomic mass is 14.8. The Morgan fingerprint density at radius 1 is 0.192 bits per heavy atom. The fraction of sp³-hybridized carbons (Fsp3) is 0. The van der Waals surface area contributed by atoms with Crippen molar-refractivity contribution < 1.29 is 0 Å². The lowest BCUT2D eigenvalue weighted by Crippen LogP contribution is -1.90. The minimum absolute atomic E-state index is 0.762. The van der Waals surface area contributed by atoms with Gasteiger partial charge in [-0.25, -0.2) is 19.9 Å². The number of nitrogens with one attached hydrogen (secondary N) is 4. The molecule has 0 fully saturated rings. The van der Waals surface area contributed by atoms with E-state index in [4.69, 9.17) is 19.9 Å². The fourth-order valence-corrected chi connectivity index (χ4v) is 14.3. The van der Waals surface area contributed by atoms with E-state index in [1.165, 1.54) is 0 Å². The highest BCUT2D eigenvalue weighted by Crippen LogP contribution is 2.42. The second-order valence-electron chi connectivity index (χ2n) is 25.3. The number of aromatic amines is 4. The van der Waals surface area contributed by atoms with Gasteiger partial charge in [0.2, 0.25) is 0 Å². The van der Waals surface area contributed by atoms with Gasteiger partial charge in [-0.2, -0.15) is 0 Å². The van der Waals surface area contributed by atoms with Crippen molar-refractivity contribution in [3.05, 3.63) is 312 Å². The van der Waals surface area contributed by atoms with Crippen LogP contribution < -0.4 is 0 Å². The summed E-state index contributed by atoms with van der Waals surface area (Å²) in [4.78, 5) is 55.5. The summed E-state index contributed by atoms with van der Waals surface area (Å²) >= 11 is 0. The quantitative estimate of drug-likeness (QED) is 0.126. The molecule has 480 valence electrons. The SMILES string of the molecule is C1#Cc2cccc(c2)-c2c3nc(c(-c4ccncc4)c4ccc([nH]4)c(c4nc(c(-c5ccncc5)c5ccc2[nH]5)C=C4)-c2cccc(c2)C#CC#Cc2cccc(c2)-c2c4nc(c(-c5ccncc5)c5ccc([nH]5)c(c5nc(c(-c6ccncc6)c6ccc2[nH]6)C=C5)-c2cccc(c2)C#C1)C=C4)C=C3. The van der Waals surface area contributed by atoms with Gasteiger partial charge in [-0.3, -0.25) is 19.9 Å². The van der Waals surface area contributed by atoms with Gasteiger partial charge in [0.15, 0.2) is 0 Å². The Morgan fingerprint density at radius 3 is 0.567 bits per heavy atom. The third-order valence-corrected chi connectivity index (χ3v) is 18.9. The smallest absolute Gasteiger partial charge is 0.0737 e. The molecule has 0 unspecified atom stereocenters. The maximum absolute atomic E-state index is 5.55. The molecule has 0 saturated heterocycles. The molecule has 28 bridgehead atoms. The standard InChI is InChI=1S/C92H52N12/c1-2-10-58-14-6-18-66(54-58)90-79-31-23-71(99-79)87(63-41-49-95-50-42-63)75-27-35-83(103-75)92(84-36-28-76(104-84)88(64-43-51-96-52-44-64)72-24-32-80(90)100-72)68-20-8-16-60(56-68)12-4-3-11-59-15-7-19-67(55-59)91-81-33-25-73(101-81)85(61-37-45-93-46-38-61)69-21-29-77(97-69)89(65-17-5-13-57(9-1)53-65)78-30-22-70(98-78)86(62-39-47-94-48-40-62)74-26-34-82(91)102-74/h5-8,13-56,97,99,102,104H. The average Bonchev–Trinajstić information content (AvgIpc) is 1.61. The van der Waals surface area contributed by atoms with Crippen LogP contribution in [0.5, 0.6) is 0 Å². The van der Waals surface area contributed by atoms with E-state index in [-0.39, 0.29) is 0 Å². The highest BCUT2D eigenvalue weighted by Gasteiger charge is 2.23. The van der Waals surface area contributed by atoms with Crippen LogP contribution in [-0.2, 0) is 0 Å². The number of H-pyrrole nitrogens is 4. The zero-order chi connectivity index (χ0) is 68.9. The van der Waals surface area contributed by atoms with Crippen molar-refractivity contribution >= 4 is 92.7 Å². The topological polar surface area (TPSA) is 166 Å². The van der Waals surface area contributed by atoms with E-state index in [2.05, 4.69) is 233 Å². The minimum Gasteiger partial charge on any atom is -0.354 e. The van der Waals surface area contributed by atoms with Crippen molar-refractivity contribution in [3.8, 4) is 136 Å². The maximum Gasteiger partial charge on any atom is 0.0737 e. The van der Waals surface area contributed by atoms with Crippen LogP contribution in [-0.4, -0.2) is 59.8 Å². The highest BCUT2D eigenvalue weighted by molar-refractivity contribution is 6.03. The Balaban J connectivity index is 0.876. The number of nitrogens with zero attached hydrogens (tertiary/aromatic N) is 8. The van der Waals surface area contributed by atoms with Gasteiger partial charge in [-0.1, -0.05) is 72.2 Å². The Labute approximate surface area is 596 Å². The van der Waals surface area contributed by atoms with Crippen LogP contribution in [0.2, 0.25) is 0 Å². The molecule has 104 heavy (non-hydrogen) atoms. The molecule has 14 aromatic rings. The van der Waals surface area contributed by atoms with Gasteiger partial charge < -0.3 is 19.9 Å². The maximum atomic E-state index is 5.55. The molecule has 12 nitrogen and oxygen atoms in total. The number of rotatable bonds is 4. The van der Waals surface area contributed by atoms with Gasteiger partial charge in [0.05, 0.1) is 45.6 Å². The van der Waals surface area contributed by atoms with Crippen LogP contribution >= 0.6 is 0 Å². The summed E-state index contributed by atoms with van der Waals surface area (Å²) in [5.74, 6) is 26.5. The van der Waals surface area contributed by atoms with E-state index < -0.39 is 0 Å². The third kappa shape index (κ3) is 11.2. The van der Waals surface area contributed by atoms with Gasteiger partial charge in [0, 0.05) is 160 Å². The van der Waals surface area contributed by atoms with Crippen LogP contribution in [0.3, 0.4) is 0 Å². The number of fused-ring (bicyclic) bond motifs is 24. The molecule has 0 atom stereocenters. The molecule has 0 amide bonds. The summed E-state index contributed by atoms with van der Waals surface area (Å²) in [6, 6.07) is 66.1. The van der Waals surface area contributed by atoms with Gasteiger partial charge in [0.1, 0.15) is 0 Å². The fourth-order valence-electron chi connectivity index (χ4n) is 14.3. The largest absolute Gasteiger partial charge is 0.354 e. The molecular formula is C92H52N12. The molecule has 5 aliphatic heterocycles. The second-order valence-corrected chi connectivity index (χ2v) is 25.3. The lowest BCUT2D eigenvalue weighted by molar-refractivity contribution is 1.29. The predicted molar refractivity (Wildman–Crippen MR) is 420 cm³/mol. The molecule has 0 radical (unpaired) electrons. The van der Waals surface area contributed by atoms with Crippen molar-refractivity contribution in [2.75, 3.05) is 0 Å². The summed E-state index contributed by atoms with van der Waals surface area (Å²) in [6.45, 7) is 0. The van der Waals surface area contributed by atoms with Crippen molar-refractivity contribution in [3.63, 3.8) is 0 Å². The lowest BCUT2D eigenvalue weighted by Gasteiger charge is -2.07. The summed E-state index contributed by atoms with van der Waals surface area (Å²) in [6.07, 6.45) is 31.2. The van der Waals surface area contributed by atoms with E-state index in [1.807, 2.05) is 147 Å². The first-order valence-electron chi connectivity index (χ1n) is 33.9. The normalized spacial score (nSPS) is 12.1. The molecule has 12 heteroatoms. The van der Waals surface area contributed by atoms with Gasteiger partial charge >= 0.3 is 0 Å². The molecule has 0 saturated carbocycles. The molecule has 19 rings (SSSR count). The molecular weight excluding hydrogens is 1270 g/mol. The Morgan fingerprint density at radius 2 is 0.375 bits per heavy atom. The van der Waals surface area contributed by atoms with Gasteiger partial charge in [0.25, 0.3) is 0 Å². The molecule has 15 heterocycles. The van der Waals surface area contributed by atoms with E-state index in [0.717, 1.165) is 201 Å². The van der Waals surface area contributed by atoms with Crippen LogP contribution in [0.1, 0.15) is 67.8 Å². The lowest BCUT2D eigenvalue weighted by atomic mass is 10.0. The van der Waals surface area contributed by atoms with E-state index >= 15 is 0 Å². The first-order valence-corrected chi connectivity index (χ1v) is 33.9. The Kier molecular flexibility index (Phi) is 14.8. The molecule has 5 aliphatic rings. The van der Waals surface area contributed by atoms with Crippen LogP contribution in [0.4, 0.5) is 0 Å². The summed E-state index contributed by atoms with van der Waals surface area (Å²) in [5, 5.41) is 0. The second kappa shape index (κ2) is 25.7. The number of aromatic nitrogens is 12. The van der Waals surface area contributed by atoms with E-state index in [1.54, 1.807) is 0 Å². The zero-order valence-corrected chi connectivity index (χ0v) is 55.3. The monoisotopic (exact) mass is 1320 g/mol. The number of hydrogen-bond acceptors (Lipinski definition) is 8. The van der Waals surface area contributed by atoms with Crippen molar-refractivity contribution in [2.45, 2.75) is 0 Å². The van der Waals surface area contributed by atoms with E-state index in [0.29, 0.717) is 0 Å². The first-order chi connectivity index (χ1) is 51.5. The molecule has 0 spiro atoms. The summed E-state index contributed by atoms with van der Waals surface area (Å²) < 4.78 is 0. The van der Waals surface area contributed by atoms with Crippen LogP contribution in [0, 0.1) is 47.4 Å². The third-order valence-electron chi connectivity index (χ3n) is 18.9. The minimum atomic E-state index is 0.762. The van der Waals surface area contributed by atoms with Gasteiger partial charge in [-0.15, -0.1) is 0 Å². The number of benzene rings is 4. The van der Waals surface area contributed by atoms with E-state index in [9.17, 15) is 0 Å². The van der Waals surface area contributed by atoms with Gasteiger partial charge in [-0.05, 0) is 262 Å². The van der Waals surface area contributed by atoms with Crippen molar-refractivity contribution in [2.24, 2.45) is 0 Å². The summed E-state index contributed by atoms with van der Waals surface area (Å²) in [5.41, 5.74) is 30.7.